The smallest absolute Gasteiger partial charge is 0.324 e. The van der Waals surface area contributed by atoms with Crippen molar-refractivity contribution in [3.8, 4) is 0 Å². The Morgan fingerprint density at radius 3 is 2.35 bits per heavy atom. The van der Waals surface area contributed by atoms with Gasteiger partial charge in [0.25, 0.3) is 0 Å². The number of hydrogen-bond donors (Lipinski definition) is 1. The number of hydrogen-bond acceptors (Lipinski definition) is 2. The molecule has 0 aromatic heterocycles. The van der Waals surface area contributed by atoms with E-state index in [9.17, 15) is 9.59 Å². The molecule has 0 radical (unpaired) electrons. The van der Waals surface area contributed by atoms with Gasteiger partial charge in [-0.1, -0.05) is 24.6 Å². The van der Waals surface area contributed by atoms with Gasteiger partial charge in [0.05, 0.1) is 5.92 Å². The Bertz CT molecular complexity index is 512. The molecule has 1 fully saturated rings. The van der Waals surface area contributed by atoms with E-state index in [1.54, 1.807) is 16.8 Å². The van der Waals surface area contributed by atoms with Crippen LogP contribution in [0.3, 0.4) is 0 Å². The molecule has 1 aliphatic rings. The number of carboxylic acids is 1. The number of carbonyl (C=O) groups is 2. The van der Waals surface area contributed by atoms with Gasteiger partial charge < -0.3 is 10.0 Å². The summed E-state index contributed by atoms with van der Waals surface area (Å²) in [6.07, 6.45) is 0. The summed E-state index contributed by atoms with van der Waals surface area (Å²) in [7, 11) is 1.71. The molecule has 2 atom stereocenters. The highest BCUT2D eigenvalue weighted by Gasteiger charge is 2.37. The summed E-state index contributed by atoms with van der Waals surface area (Å²) < 4.78 is 0. The van der Waals surface area contributed by atoms with Gasteiger partial charge in [0.15, 0.2) is 0 Å². The number of carbonyl (C=O) groups excluding carboxylic acids is 1. The van der Waals surface area contributed by atoms with Crippen LogP contribution in [0.4, 0.5) is 10.5 Å². The number of nitrogens with zero attached hydrogens (tertiary/aromatic N) is 2. The van der Waals surface area contributed by atoms with Crippen LogP contribution in [0, 0.1) is 18.8 Å². The molecular weight excluding hydrogens is 256 g/mol. The van der Waals surface area contributed by atoms with E-state index in [1.807, 2.05) is 38.1 Å². The molecule has 2 rings (SSSR count). The Morgan fingerprint density at radius 1 is 1.25 bits per heavy atom. The summed E-state index contributed by atoms with van der Waals surface area (Å²) in [6, 6.07) is 7.53. The van der Waals surface area contributed by atoms with Crippen LogP contribution in [0.5, 0.6) is 0 Å². The van der Waals surface area contributed by atoms with Crippen molar-refractivity contribution in [3.05, 3.63) is 29.8 Å². The first-order chi connectivity index (χ1) is 9.40. The first-order valence-electron chi connectivity index (χ1n) is 6.72. The van der Waals surface area contributed by atoms with Crippen molar-refractivity contribution in [2.75, 3.05) is 25.0 Å². The van der Waals surface area contributed by atoms with E-state index in [0.717, 1.165) is 11.3 Å². The van der Waals surface area contributed by atoms with Gasteiger partial charge in [-0.2, -0.15) is 0 Å². The highest BCUT2D eigenvalue weighted by atomic mass is 16.4. The molecule has 108 valence electrons. The molecule has 1 saturated heterocycles. The fraction of sp³-hybridized carbons (Fsp3) is 0.467. The van der Waals surface area contributed by atoms with Gasteiger partial charge >= 0.3 is 12.0 Å². The van der Waals surface area contributed by atoms with Crippen LogP contribution in [-0.4, -0.2) is 42.1 Å². The standard InChI is InChI=1S/C15H20N2O3/c1-10-4-6-12(7-5-10)16(3)15(20)17-8-11(2)13(9-17)14(18)19/h4-7,11,13H,8-9H2,1-3H3,(H,18,19)/t11-,13-/m1/s1. The number of anilines is 1. The number of aryl methyl sites for hydroxylation is 1. The predicted molar refractivity (Wildman–Crippen MR) is 76.8 cm³/mol. The molecule has 0 saturated carbocycles. The van der Waals surface area contributed by atoms with Crippen molar-refractivity contribution in [2.24, 2.45) is 11.8 Å². The molecule has 20 heavy (non-hydrogen) atoms. The molecule has 0 unspecified atom stereocenters. The summed E-state index contributed by atoms with van der Waals surface area (Å²) in [5.41, 5.74) is 1.95. The summed E-state index contributed by atoms with van der Waals surface area (Å²) >= 11 is 0. The zero-order valence-electron chi connectivity index (χ0n) is 12.0. The van der Waals surface area contributed by atoms with E-state index in [-0.39, 0.29) is 18.5 Å². The molecule has 5 heteroatoms. The van der Waals surface area contributed by atoms with Crippen LogP contribution in [0.1, 0.15) is 12.5 Å². The number of likely N-dealkylation sites (tertiary alicyclic amines) is 1. The maximum Gasteiger partial charge on any atom is 0.324 e. The van der Waals surface area contributed by atoms with Crippen molar-refractivity contribution in [3.63, 3.8) is 0 Å². The van der Waals surface area contributed by atoms with Crippen LogP contribution in [-0.2, 0) is 4.79 Å². The Morgan fingerprint density at radius 2 is 1.85 bits per heavy atom. The van der Waals surface area contributed by atoms with E-state index in [4.69, 9.17) is 5.11 Å². The quantitative estimate of drug-likeness (QED) is 0.900. The summed E-state index contributed by atoms with van der Waals surface area (Å²) in [6.45, 7) is 4.64. The van der Waals surface area contributed by atoms with Gasteiger partial charge in [-0.15, -0.1) is 0 Å². The number of aliphatic carboxylic acids is 1. The van der Waals surface area contributed by atoms with E-state index >= 15 is 0 Å². The zero-order valence-corrected chi connectivity index (χ0v) is 12.0. The average Bonchev–Trinajstić information content (AvgIpc) is 2.80. The van der Waals surface area contributed by atoms with Gasteiger partial charge in [-0.3, -0.25) is 9.69 Å². The fourth-order valence-corrected chi connectivity index (χ4v) is 2.54. The number of urea groups is 1. The van der Waals surface area contributed by atoms with Crippen LogP contribution in [0.2, 0.25) is 0 Å². The lowest BCUT2D eigenvalue weighted by Gasteiger charge is -2.24. The van der Waals surface area contributed by atoms with E-state index < -0.39 is 11.9 Å². The van der Waals surface area contributed by atoms with Crippen molar-refractivity contribution in [1.82, 2.24) is 4.90 Å². The summed E-state index contributed by atoms with van der Waals surface area (Å²) in [5, 5.41) is 9.12. The van der Waals surface area contributed by atoms with E-state index in [0.29, 0.717) is 6.54 Å². The summed E-state index contributed by atoms with van der Waals surface area (Å²) in [4.78, 5) is 26.7. The van der Waals surface area contributed by atoms with Crippen molar-refractivity contribution in [2.45, 2.75) is 13.8 Å². The maximum atomic E-state index is 12.4. The van der Waals surface area contributed by atoms with Crippen LogP contribution in [0.25, 0.3) is 0 Å². The Hall–Kier alpha value is -2.04. The molecule has 1 aliphatic heterocycles. The topological polar surface area (TPSA) is 60.9 Å². The Kier molecular flexibility index (Phi) is 3.97. The van der Waals surface area contributed by atoms with Gasteiger partial charge in [-0.25, -0.2) is 4.79 Å². The zero-order chi connectivity index (χ0) is 14.9. The molecule has 1 aromatic carbocycles. The second-order valence-electron chi connectivity index (χ2n) is 5.50. The van der Waals surface area contributed by atoms with Crippen LogP contribution >= 0.6 is 0 Å². The van der Waals surface area contributed by atoms with Gasteiger partial charge in [0.2, 0.25) is 0 Å². The third kappa shape index (κ3) is 2.76. The highest BCUT2D eigenvalue weighted by Crippen LogP contribution is 2.25. The SMILES string of the molecule is Cc1ccc(N(C)C(=O)N2C[C@@H](C)[C@H](C(=O)O)C2)cc1. The first-order valence-corrected chi connectivity index (χ1v) is 6.72. The number of benzene rings is 1. The molecule has 0 bridgehead atoms. The van der Waals surface area contributed by atoms with Crippen molar-refractivity contribution in [1.29, 1.82) is 0 Å². The molecular formula is C15H20N2O3. The lowest BCUT2D eigenvalue weighted by atomic mass is 9.99. The molecule has 1 heterocycles. The minimum atomic E-state index is -0.828. The molecule has 0 spiro atoms. The van der Waals surface area contributed by atoms with Gasteiger partial charge in [-0.05, 0) is 25.0 Å². The highest BCUT2D eigenvalue weighted by molar-refractivity contribution is 5.92. The minimum Gasteiger partial charge on any atom is -0.481 e. The van der Waals surface area contributed by atoms with Crippen molar-refractivity contribution < 1.29 is 14.7 Å². The molecule has 0 aliphatic carbocycles. The monoisotopic (exact) mass is 276 g/mol. The van der Waals surface area contributed by atoms with Gasteiger partial charge in [0, 0.05) is 25.8 Å². The van der Waals surface area contributed by atoms with E-state index in [1.165, 1.54) is 0 Å². The largest absolute Gasteiger partial charge is 0.481 e. The first kappa shape index (κ1) is 14.4. The normalized spacial score (nSPS) is 21.9. The number of carboxylic acid groups (broad SMARTS) is 1. The molecule has 1 N–H and O–H groups in total. The van der Waals surface area contributed by atoms with Gasteiger partial charge in [0.1, 0.15) is 0 Å². The number of amides is 2. The van der Waals surface area contributed by atoms with Crippen molar-refractivity contribution >= 4 is 17.7 Å². The summed E-state index contributed by atoms with van der Waals surface area (Å²) in [5.74, 6) is -1.31. The maximum absolute atomic E-state index is 12.4. The Balaban J connectivity index is 2.08. The molecule has 2 amide bonds. The molecule has 1 aromatic rings. The second kappa shape index (κ2) is 5.53. The Labute approximate surface area is 118 Å². The molecule has 5 nitrogen and oxygen atoms in total. The third-order valence-corrected chi connectivity index (χ3v) is 3.91. The average molecular weight is 276 g/mol. The van der Waals surface area contributed by atoms with Crippen LogP contribution in [0.15, 0.2) is 24.3 Å². The van der Waals surface area contributed by atoms with E-state index in [2.05, 4.69) is 0 Å². The van der Waals surface area contributed by atoms with Crippen LogP contribution < -0.4 is 4.90 Å². The minimum absolute atomic E-state index is 0.0112. The lowest BCUT2D eigenvalue weighted by Crippen LogP contribution is -2.40. The predicted octanol–water partition coefficient (Wildman–Crippen LogP) is 2.20. The lowest BCUT2D eigenvalue weighted by molar-refractivity contribution is -0.142. The fourth-order valence-electron chi connectivity index (χ4n) is 2.54. The second-order valence-corrected chi connectivity index (χ2v) is 5.50. The number of rotatable bonds is 2. The third-order valence-electron chi connectivity index (χ3n) is 3.91.